The Kier molecular flexibility index (Phi) is 7.87. The van der Waals surface area contributed by atoms with Crippen LogP contribution in [0.3, 0.4) is 0 Å². The minimum absolute atomic E-state index is 0.0882. The quantitative estimate of drug-likeness (QED) is 0.591. The predicted molar refractivity (Wildman–Crippen MR) is 75.8 cm³/mol. The molecule has 3 heteroatoms. The molecule has 0 aromatic heterocycles. The van der Waals surface area contributed by atoms with Crippen molar-refractivity contribution in [3.05, 3.63) is 0 Å². The molecule has 0 aromatic rings. The van der Waals surface area contributed by atoms with E-state index in [1.54, 1.807) is 0 Å². The van der Waals surface area contributed by atoms with Crippen molar-refractivity contribution in [2.45, 2.75) is 76.9 Å². The third kappa shape index (κ3) is 5.25. The van der Waals surface area contributed by atoms with E-state index in [4.69, 9.17) is 4.74 Å². The zero-order chi connectivity index (χ0) is 13.3. The average Bonchev–Trinajstić information content (AvgIpc) is 2.92. The molecule has 1 saturated carbocycles. The van der Waals surface area contributed by atoms with Crippen molar-refractivity contribution in [1.82, 2.24) is 5.32 Å². The Morgan fingerprint density at radius 1 is 1.28 bits per heavy atom. The van der Waals surface area contributed by atoms with Crippen LogP contribution in [0.15, 0.2) is 0 Å². The van der Waals surface area contributed by atoms with Crippen molar-refractivity contribution >= 4 is 0 Å². The molecule has 0 heterocycles. The zero-order valence-corrected chi connectivity index (χ0v) is 12.2. The van der Waals surface area contributed by atoms with Crippen LogP contribution in [0.4, 0.5) is 0 Å². The fraction of sp³-hybridized carbons (Fsp3) is 1.00. The normalized spacial score (nSPS) is 20.2. The first-order valence-corrected chi connectivity index (χ1v) is 7.74. The van der Waals surface area contributed by atoms with Gasteiger partial charge in [0.2, 0.25) is 0 Å². The maximum Gasteiger partial charge on any atom is 0.0613 e. The summed E-state index contributed by atoms with van der Waals surface area (Å²) in [5, 5.41) is 13.1. The van der Waals surface area contributed by atoms with Crippen LogP contribution < -0.4 is 5.32 Å². The van der Waals surface area contributed by atoms with Gasteiger partial charge in [-0.05, 0) is 45.1 Å². The highest BCUT2D eigenvalue weighted by Crippen LogP contribution is 2.22. The third-order valence-corrected chi connectivity index (χ3v) is 4.18. The number of ether oxygens (including phenoxy) is 1. The fourth-order valence-corrected chi connectivity index (χ4v) is 2.74. The number of hydrogen-bond donors (Lipinski definition) is 2. The summed E-state index contributed by atoms with van der Waals surface area (Å²) in [4.78, 5) is 0. The van der Waals surface area contributed by atoms with Crippen LogP contribution in [0.5, 0.6) is 0 Å². The summed E-state index contributed by atoms with van der Waals surface area (Å²) in [6, 6.07) is 0. The molecule has 1 aliphatic rings. The number of nitrogens with one attached hydrogen (secondary N) is 1. The van der Waals surface area contributed by atoms with Crippen LogP contribution in [0.1, 0.15) is 65.2 Å². The SMILES string of the molecule is CCCNC(CC)(CO)CCCOC1CCCC1. The molecular formula is C15H31NO2. The molecule has 0 aliphatic heterocycles. The average molecular weight is 257 g/mol. The predicted octanol–water partition coefficient (Wildman–Crippen LogP) is 2.87. The first-order chi connectivity index (χ1) is 8.76. The van der Waals surface area contributed by atoms with E-state index < -0.39 is 0 Å². The van der Waals surface area contributed by atoms with Gasteiger partial charge in [0.05, 0.1) is 12.7 Å². The molecule has 2 N–H and O–H groups in total. The Morgan fingerprint density at radius 3 is 2.56 bits per heavy atom. The van der Waals surface area contributed by atoms with Crippen molar-refractivity contribution in [3.63, 3.8) is 0 Å². The van der Waals surface area contributed by atoms with Gasteiger partial charge in [-0.2, -0.15) is 0 Å². The lowest BCUT2D eigenvalue weighted by molar-refractivity contribution is 0.0472. The molecule has 0 bridgehead atoms. The van der Waals surface area contributed by atoms with E-state index in [0.29, 0.717) is 6.10 Å². The summed E-state index contributed by atoms with van der Waals surface area (Å²) in [6.45, 7) is 6.37. The van der Waals surface area contributed by atoms with E-state index in [9.17, 15) is 5.11 Å². The van der Waals surface area contributed by atoms with Gasteiger partial charge in [0.1, 0.15) is 0 Å². The maximum absolute atomic E-state index is 9.61. The molecule has 1 atom stereocenters. The Balaban J connectivity index is 2.19. The van der Waals surface area contributed by atoms with Gasteiger partial charge in [-0.1, -0.05) is 26.7 Å². The van der Waals surface area contributed by atoms with Crippen LogP contribution in [-0.4, -0.2) is 36.5 Å². The second-order valence-electron chi connectivity index (χ2n) is 5.60. The minimum Gasteiger partial charge on any atom is -0.394 e. The van der Waals surface area contributed by atoms with Crippen LogP contribution >= 0.6 is 0 Å². The van der Waals surface area contributed by atoms with Crippen LogP contribution in [0.2, 0.25) is 0 Å². The smallest absolute Gasteiger partial charge is 0.0613 e. The standard InChI is InChI=1S/C15H31NO2/c1-3-11-16-15(4-2,13-17)10-7-12-18-14-8-5-6-9-14/h14,16-17H,3-13H2,1-2H3. The highest BCUT2D eigenvalue weighted by molar-refractivity contribution is 4.85. The summed E-state index contributed by atoms with van der Waals surface area (Å²) >= 11 is 0. The lowest BCUT2D eigenvalue weighted by Gasteiger charge is -2.32. The van der Waals surface area contributed by atoms with Crippen molar-refractivity contribution in [1.29, 1.82) is 0 Å². The molecule has 1 unspecified atom stereocenters. The van der Waals surface area contributed by atoms with Gasteiger partial charge in [0.25, 0.3) is 0 Å². The Bertz CT molecular complexity index is 199. The second kappa shape index (κ2) is 8.89. The van der Waals surface area contributed by atoms with Gasteiger partial charge in [-0.3, -0.25) is 0 Å². The molecule has 0 radical (unpaired) electrons. The maximum atomic E-state index is 9.61. The van der Waals surface area contributed by atoms with E-state index in [1.165, 1.54) is 25.7 Å². The van der Waals surface area contributed by atoms with Gasteiger partial charge in [0, 0.05) is 12.1 Å². The Hall–Kier alpha value is -0.120. The van der Waals surface area contributed by atoms with E-state index >= 15 is 0 Å². The van der Waals surface area contributed by atoms with Gasteiger partial charge in [0.15, 0.2) is 0 Å². The Morgan fingerprint density at radius 2 is 2.00 bits per heavy atom. The summed E-state index contributed by atoms with van der Waals surface area (Å²) in [5.41, 5.74) is -0.0882. The largest absolute Gasteiger partial charge is 0.394 e. The zero-order valence-electron chi connectivity index (χ0n) is 12.2. The fourth-order valence-electron chi connectivity index (χ4n) is 2.74. The first-order valence-electron chi connectivity index (χ1n) is 7.74. The number of aliphatic hydroxyl groups excluding tert-OH is 1. The molecule has 1 aliphatic carbocycles. The summed E-state index contributed by atoms with van der Waals surface area (Å²) < 4.78 is 5.88. The van der Waals surface area contributed by atoms with Crippen LogP contribution in [0, 0.1) is 0 Å². The van der Waals surface area contributed by atoms with E-state index in [0.717, 1.165) is 38.8 Å². The molecule has 1 rings (SSSR count). The minimum atomic E-state index is -0.0882. The van der Waals surface area contributed by atoms with Gasteiger partial charge < -0.3 is 15.2 Å². The molecule has 18 heavy (non-hydrogen) atoms. The van der Waals surface area contributed by atoms with Crippen LogP contribution in [-0.2, 0) is 4.74 Å². The van der Waals surface area contributed by atoms with Gasteiger partial charge in [-0.25, -0.2) is 0 Å². The van der Waals surface area contributed by atoms with E-state index in [-0.39, 0.29) is 12.1 Å². The molecule has 3 nitrogen and oxygen atoms in total. The molecule has 0 spiro atoms. The summed E-state index contributed by atoms with van der Waals surface area (Å²) in [7, 11) is 0. The van der Waals surface area contributed by atoms with Crippen LogP contribution in [0.25, 0.3) is 0 Å². The topological polar surface area (TPSA) is 41.5 Å². The van der Waals surface area contributed by atoms with Crippen molar-refractivity contribution in [2.24, 2.45) is 0 Å². The molecule has 0 aromatic carbocycles. The van der Waals surface area contributed by atoms with Crippen molar-refractivity contribution in [2.75, 3.05) is 19.8 Å². The van der Waals surface area contributed by atoms with Gasteiger partial charge in [-0.15, -0.1) is 0 Å². The lowest BCUT2D eigenvalue weighted by atomic mass is 9.91. The third-order valence-electron chi connectivity index (χ3n) is 4.18. The number of aliphatic hydroxyl groups is 1. The summed E-state index contributed by atoms with van der Waals surface area (Å²) in [5.74, 6) is 0. The highest BCUT2D eigenvalue weighted by atomic mass is 16.5. The molecule has 1 fully saturated rings. The van der Waals surface area contributed by atoms with Crippen molar-refractivity contribution < 1.29 is 9.84 Å². The number of rotatable bonds is 10. The lowest BCUT2D eigenvalue weighted by Crippen LogP contribution is -2.48. The van der Waals surface area contributed by atoms with Crippen molar-refractivity contribution in [3.8, 4) is 0 Å². The molecular weight excluding hydrogens is 226 g/mol. The summed E-state index contributed by atoms with van der Waals surface area (Å²) in [6.07, 6.45) is 9.80. The first kappa shape index (κ1) is 15.9. The Labute approximate surface area is 112 Å². The van der Waals surface area contributed by atoms with E-state index in [1.807, 2.05) is 0 Å². The molecule has 108 valence electrons. The monoisotopic (exact) mass is 257 g/mol. The van der Waals surface area contributed by atoms with E-state index in [2.05, 4.69) is 19.2 Å². The molecule has 0 amide bonds. The molecule has 0 saturated heterocycles. The second-order valence-corrected chi connectivity index (χ2v) is 5.60. The van der Waals surface area contributed by atoms with Gasteiger partial charge >= 0.3 is 0 Å². The number of hydrogen-bond acceptors (Lipinski definition) is 3. The highest BCUT2D eigenvalue weighted by Gasteiger charge is 2.25.